The van der Waals surface area contributed by atoms with Crippen molar-refractivity contribution >= 4 is 10.8 Å². The molecule has 4 aromatic carbocycles. The highest BCUT2D eigenvalue weighted by molar-refractivity contribution is 5.84. The van der Waals surface area contributed by atoms with Crippen molar-refractivity contribution in [3.63, 3.8) is 0 Å². The standard InChI is InChI=1S/C31H26F8O2/c1-40-11-10-20-13-25(32)24(26(33)14-20)9-4-18-3-8-23-22(12-18)7-6-21(29(23)36)5-2-19-15-27(34)30(28(35)16-19)41-17-31(37,38)39/h3,6-8,12-16H,2,4-5,9-11,17H2,1H3. The van der Waals surface area contributed by atoms with Crippen LogP contribution in [0.3, 0.4) is 0 Å². The average molecular weight is 583 g/mol. The first-order valence-electron chi connectivity index (χ1n) is 12.8. The molecule has 4 aromatic rings. The molecule has 0 amide bonds. The summed E-state index contributed by atoms with van der Waals surface area (Å²) in [5.41, 5.74) is 1.64. The topological polar surface area (TPSA) is 18.5 Å². The van der Waals surface area contributed by atoms with Gasteiger partial charge in [0.1, 0.15) is 17.5 Å². The maximum atomic E-state index is 15.2. The smallest absolute Gasteiger partial charge is 0.422 e. The number of hydrogen-bond acceptors (Lipinski definition) is 2. The molecule has 4 rings (SSSR count). The van der Waals surface area contributed by atoms with Gasteiger partial charge in [0.25, 0.3) is 0 Å². The predicted octanol–water partition coefficient (Wildman–Crippen LogP) is 8.24. The van der Waals surface area contributed by atoms with Gasteiger partial charge < -0.3 is 9.47 Å². The lowest BCUT2D eigenvalue weighted by Gasteiger charge is -2.12. The molecule has 0 fully saturated rings. The minimum absolute atomic E-state index is 0.0231. The average Bonchev–Trinajstić information content (AvgIpc) is 2.90. The van der Waals surface area contributed by atoms with Gasteiger partial charge in [-0.05, 0) is 84.0 Å². The van der Waals surface area contributed by atoms with E-state index in [1.165, 1.54) is 25.3 Å². The Labute approximate surface area is 231 Å². The highest BCUT2D eigenvalue weighted by Gasteiger charge is 2.30. The van der Waals surface area contributed by atoms with Crippen LogP contribution in [0.4, 0.5) is 35.1 Å². The van der Waals surface area contributed by atoms with E-state index >= 15 is 4.39 Å². The van der Waals surface area contributed by atoms with Crippen LogP contribution in [0.1, 0.15) is 27.8 Å². The largest absolute Gasteiger partial charge is 0.478 e. The fraction of sp³-hybridized carbons (Fsp3) is 0.290. The quantitative estimate of drug-likeness (QED) is 0.166. The van der Waals surface area contributed by atoms with Crippen molar-refractivity contribution in [2.24, 2.45) is 0 Å². The summed E-state index contributed by atoms with van der Waals surface area (Å²) in [5, 5.41) is 0.877. The Hall–Kier alpha value is -3.66. The Kier molecular flexibility index (Phi) is 9.53. The lowest BCUT2D eigenvalue weighted by atomic mass is 9.96. The van der Waals surface area contributed by atoms with Gasteiger partial charge in [-0.25, -0.2) is 22.0 Å². The van der Waals surface area contributed by atoms with Crippen LogP contribution in [0.25, 0.3) is 10.8 Å². The van der Waals surface area contributed by atoms with Gasteiger partial charge in [-0.15, -0.1) is 0 Å². The van der Waals surface area contributed by atoms with Crippen LogP contribution >= 0.6 is 0 Å². The van der Waals surface area contributed by atoms with Gasteiger partial charge in [-0.1, -0.05) is 30.3 Å². The Morgan fingerprint density at radius 2 is 1.24 bits per heavy atom. The minimum atomic E-state index is -4.75. The molecule has 218 valence electrons. The lowest BCUT2D eigenvalue weighted by Crippen LogP contribution is -2.20. The SMILES string of the molecule is COCCc1cc(F)c(CCc2ccc3c(F)c(CCc4cc(F)c(OCC(F)(F)F)c(F)c4)ccc3c2)c(F)c1. The fourth-order valence-corrected chi connectivity index (χ4v) is 4.59. The summed E-state index contributed by atoms with van der Waals surface area (Å²) in [7, 11) is 1.51. The Bertz CT molecular complexity index is 1490. The number of halogens is 8. The number of rotatable bonds is 11. The van der Waals surface area contributed by atoms with Crippen LogP contribution in [0.2, 0.25) is 0 Å². The van der Waals surface area contributed by atoms with Gasteiger partial charge in [-0.2, -0.15) is 13.2 Å². The van der Waals surface area contributed by atoms with Crippen LogP contribution < -0.4 is 4.74 Å². The third kappa shape index (κ3) is 7.75. The van der Waals surface area contributed by atoms with E-state index in [1.807, 2.05) is 0 Å². The van der Waals surface area contributed by atoms with E-state index in [4.69, 9.17) is 4.74 Å². The summed E-state index contributed by atoms with van der Waals surface area (Å²) in [6, 6.07) is 12.5. The van der Waals surface area contributed by atoms with Gasteiger partial charge in [0.05, 0.1) is 6.61 Å². The maximum Gasteiger partial charge on any atom is 0.422 e. The number of benzene rings is 4. The van der Waals surface area contributed by atoms with Crippen molar-refractivity contribution in [2.75, 3.05) is 20.3 Å². The summed E-state index contributed by atoms with van der Waals surface area (Å²) in [5.74, 6) is -5.46. The van der Waals surface area contributed by atoms with E-state index in [0.29, 0.717) is 35.8 Å². The highest BCUT2D eigenvalue weighted by Crippen LogP contribution is 2.28. The molecular formula is C31H26F8O2. The summed E-state index contributed by atoms with van der Waals surface area (Å²) in [6.07, 6.45) is -3.83. The molecule has 0 saturated heterocycles. The van der Waals surface area contributed by atoms with Crippen molar-refractivity contribution in [3.05, 3.63) is 112 Å². The molecule has 0 bridgehead atoms. The van der Waals surface area contributed by atoms with Crippen LogP contribution in [0, 0.1) is 29.1 Å². The zero-order chi connectivity index (χ0) is 29.7. The van der Waals surface area contributed by atoms with E-state index < -0.39 is 47.6 Å². The van der Waals surface area contributed by atoms with Gasteiger partial charge in [0.15, 0.2) is 24.0 Å². The van der Waals surface area contributed by atoms with Crippen molar-refractivity contribution in [3.8, 4) is 5.75 Å². The predicted molar refractivity (Wildman–Crippen MR) is 139 cm³/mol. The Balaban J connectivity index is 1.43. The third-order valence-corrected chi connectivity index (χ3v) is 6.68. The second kappa shape index (κ2) is 12.9. The van der Waals surface area contributed by atoms with Gasteiger partial charge in [-0.3, -0.25) is 0 Å². The molecular weight excluding hydrogens is 556 g/mol. The molecule has 0 aliphatic rings. The molecule has 0 radical (unpaired) electrons. The number of ether oxygens (including phenoxy) is 2. The van der Waals surface area contributed by atoms with E-state index in [2.05, 4.69) is 4.74 Å². The van der Waals surface area contributed by atoms with Crippen LogP contribution in [-0.4, -0.2) is 26.5 Å². The molecule has 0 aromatic heterocycles. The summed E-state index contributed by atoms with van der Waals surface area (Å²) in [6.45, 7) is -1.48. The van der Waals surface area contributed by atoms with E-state index in [1.54, 1.807) is 24.3 Å². The molecule has 0 N–H and O–H groups in total. The molecule has 0 aliphatic heterocycles. The Morgan fingerprint density at radius 1 is 0.634 bits per heavy atom. The lowest BCUT2D eigenvalue weighted by molar-refractivity contribution is -0.154. The molecule has 2 nitrogen and oxygen atoms in total. The van der Waals surface area contributed by atoms with E-state index in [0.717, 1.165) is 17.7 Å². The van der Waals surface area contributed by atoms with Crippen molar-refractivity contribution in [2.45, 2.75) is 38.3 Å². The highest BCUT2D eigenvalue weighted by atomic mass is 19.4. The first-order valence-corrected chi connectivity index (χ1v) is 12.8. The number of hydrogen-bond donors (Lipinski definition) is 0. The van der Waals surface area contributed by atoms with E-state index in [9.17, 15) is 30.7 Å². The van der Waals surface area contributed by atoms with E-state index in [-0.39, 0.29) is 36.0 Å². The number of methoxy groups -OCH3 is 1. The number of fused-ring (bicyclic) bond motifs is 1. The van der Waals surface area contributed by atoms with Gasteiger partial charge >= 0.3 is 6.18 Å². The number of alkyl halides is 3. The zero-order valence-corrected chi connectivity index (χ0v) is 22.0. The zero-order valence-electron chi connectivity index (χ0n) is 22.0. The second-order valence-electron chi connectivity index (χ2n) is 9.67. The fourth-order valence-electron chi connectivity index (χ4n) is 4.59. The van der Waals surface area contributed by atoms with Crippen molar-refractivity contribution in [1.82, 2.24) is 0 Å². The molecule has 0 aliphatic carbocycles. The molecule has 0 saturated carbocycles. The molecule has 0 spiro atoms. The number of aryl methyl sites for hydroxylation is 3. The van der Waals surface area contributed by atoms with Crippen molar-refractivity contribution < 1.29 is 44.6 Å². The normalized spacial score (nSPS) is 11.8. The maximum absolute atomic E-state index is 15.2. The second-order valence-corrected chi connectivity index (χ2v) is 9.67. The molecule has 0 atom stereocenters. The monoisotopic (exact) mass is 582 g/mol. The first kappa shape index (κ1) is 30.3. The Morgan fingerprint density at radius 3 is 1.88 bits per heavy atom. The molecule has 0 heterocycles. The van der Waals surface area contributed by atoms with Crippen LogP contribution in [-0.2, 0) is 36.8 Å². The molecule has 0 unspecified atom stereocenters. The molecule has 41 heavy (non-hydrogen) atoms. The third-order valence-electron chi connectivity index (χ3n) is 6.68. The minimum Gasteiger partial charge on any atom is -0.478 e. The van der Waals surface area contributed by atoms with Gasteiger partial charge in [0.2, 0.25) is 0 Å². The molecule has 10 heteroatoms. The van der Waals surface area contributed by atoms with Crippen LogP contribution in [0.15, 0.2) is 54.6 Å². The summed E-state index contributed by atoms with van der Waals surface area (Å²) in [4.78, 5) is 0. The van der Waals surface area contributed by atoms with Gasteiger partial charge in [0, 0.05) is 18.1 Å². The summed E-state index contributed by atoms with van der Waals surface area (Å²) < 4.78 is 119. The first-order chi connectivity index (χ1) is 19.4. The summed E-state index contributed by atoms with van der Waals surface area (Å²) >= 11 is 0. The van der Waals surface area contributed by atoms with Crippen LogP contribution in [0.5, 0.6) is 5.75 Å². The van der Waals surface area contributed by atoms with Crippen molar-refractivity contribution in [1.29, 1.82) is 0 Å².